The summed E-state index contributed by atoms with van der Waals surface area (Å²) in [5.74, 6) is 0.515. The van der Waals surface area contributed by atoms with Gasteiger partial charge in [0.2, 0.25) is 0 Å². The van der Waals surface area contributed by atoms with Crippen LogP contribution in [-0.4, -0.2) is 4.98 Å². The fraction of sp³-hybridized carbons (Fsp3) is 0.0833. The normalized spacial score (nSPS) is 10.6. The van der Waals surface area contributed by atoms with E-state index in [0.29, 0.717) is 24.9 Å². The van der Waals surface area contributed by atoms with Gasteiger partial charge in [-0.3, -0.25) is 4.79 Å². The maximum absolute atomic E-state index is 12.3. The predicted octanol–water partition coefficient (Wildman–Crippen LogP) is 4.91. The molecule has 0 aliphatic rings. The van der Waals surface area contributed by atoms with Crippen LogP contribution < -0.4 is 10.5 Å². The second-order valence-electron chi connectivity index (χ2n) is 6.54. The van der Waals surface area contributed by atoms with Gasteiger partial charge in [0.05, 0.1) is 0 Å². The molecule has 0 amide bonds. The van der Waals surface area contributed by atoms with Crippen LogP contribution in [0.1, 0.15) is 11.1 Å². The zero-order chi connectivity index (χ0) is 19.2. The number of nitrogens with zero attached hydrogens (tertiary/aromatic N) is 2. The van der Waals surface area contributed by atoms with E-state index in [-0.39, 0.29) is 5.56 Å². The molecule has 4 rings (SSSR count). The summed E-state index contributed by atoms with van der Waals surface area (Å²) in [5, 5.41) is 0. The smallest absolute Gasteiger partial charge is 0.301 e. The zero-order valence-corrected chi connectivity index (χ0v) is 15.4. The molecular weight excluding hydrogens is 348 g/mol. The van der Waals surface area contributed by atoms with Crippen molar-refractivity contribution in [2.24, 2.45) is 0 Å². The average molecular weight is 368 g/mol. The molecule has 1 heterocycles. The third kappa shape index (κ3) is 4.35. The van der Waals surface area contributed by atoms with E-state index in [1.807, 2.05) is 71.6 Å². The van der Waals surface area contributed by atoms with Gasteiger partial charge < -0.3 is 9.32 Å². The van der Waals surface area contributed by atoms with Crippen molar-refractivity contribution in [2.45, 2.75) is 13.1 Å². The van der Waals surface area contributed by atoms with Crippen LogP contribution in [0.25, 0.3) is 11.3 Å². The van der Waals surface area contributed by atoms with Gasteiger partial charge in [-0.25, -0.2) is 0 Å². The van der Waals surface area contributed by atoms with Gasteiger partial charge in [-0.15, -0.1) is 0 Å². The van der Waals surface area contributed by atoms with E-state index < -0.39 is 0 Å². The summed E-state index contributed by atoms with van der Waals surface area (Å²) in [6.07, 6.45) is 0. The van der Waals surface area contributed by atoms with Crippen molar-refractivity contribution >= 4 is 6.01 Å². The fourth-order valence-electron chi connectivity index (χ4n) is 3.07. The molecule has 0 aliphatic carbocycles. The summed E-state index contributed by atoms with van der Waals surface area (Å²) in [5.41, 5.74) is 2.77. The standard InChI is InChI=1S/C24H20N2O2/c27-23-16-22(21-14-8-3-9-15-21)28-24(25-23)26(17-19-10-4-1-5-11-19)18-20-12-6-2-7-13-20/h1-16H,17-18H2. The van der Waals surface area contributed by atoms with Crippen LogP contribution in [0.15, 0.2) is 106 Å². The Morgan fingerprint density at radius 1 is 0.714 bits per heavy atom. The molecule has 4 heteroatoms. The average Bonchev–Trinajstić information content (AvgIpc) is 2.75. The van der Waals surface area contributed by atoms with Crippen molar-refractivity contribution in [3.63, 3.8) is 0 Å². The summed E-state index contributed by atoms with van der Waals surface area (Å²) >= 11 is 0. The van der Waals surface area contributed by atoms with Crippen molar-refractivity contribution < 1.29 is 4.42 Å². The van der Waals surface area contributed by atoms with Crippen molar-refractivity contribution in [3.8, 4) is 11.3 Å². The van der Waals surface area contributed by atoms with Gasteiger partial charge >= 0.3 is 6.01 Å². The fourth-order valence-corrected chi connectivity index (χ4v) is 3.07. The van der Waals surface area contributed by atoms with E-state index in [4.69, 9.17) is 4.42 Å². The largest absolute Gasteiger partial charge is 0.425 e. The number of rotatable bonds is 6. The zero-order valence-electron chi connectivity index (χ0n) is 15.4. The lowest BCUT2D eigenvalue weighted by Crippen LogP contribution is -2.25. The highest BCUT2D eigenvalue weighted by molar-refractivity contribution is 5.57. The lowest BCUT2D eigenvalue weighted by molar-refractivity contribution is 0.513. The van der Waals surface area contributed by atoms with Crippen LogP contribution in [0.2, 0.25) is 0 Å². The number of aromatic nitrogens is 1. The summed E-state index contributed by atoms with van der Waals surface area (Å²) < 4.78 is 6.07. The Morgan fingerprint density at radius 3 is 1.75 bits per heavy atom. The lowest BCUT2D eigenvalue weighted by Gasteiger charge is -2.22. The van der Waals surface area contributed by atoms with E-state index in [1.54, 1.807) is 0 Å². The van der Waals surface area contributed by atoms with Crippen LogP contribution >= 0.6 is 0 Å². The molecule has 4 nitrogen and oxygen atoms in total. The first-order valence-electron chi connectivity index (χ1n) is 9.18. The first kappa shape index (κ1) is 17.7. The van der Waals surface area contributed by atoms with Gasteiger partial charge in [-0.1, -0.05) is 91.0 Å². The number of benzene rings is 3. The monoisotopic (exact) mass is 368 g/mol. The van der Waals surface area contributed by atoms with E-state index in [2.05, 4.69) is 29.2 Å². The molecule has 0 fully saturated rings. The van der Waals surface area contributed by atoms with Gasteiger partial charge in [0, 0.05) is 24.7 Å². The molecule has 4 aromatic rings. The third-order valence-electron chi connectivity index (χ3n) is 4.42. The lowest BCUT2D eigenvalue weighted by atomic mass is 10.1. The minimum absolute atomic E-state index is 0.314. The van der Waals surface area contributed by atoms with Gasteiger partial charge in [-0.2, -0.15) is 4.98 Å². The minimum atomic E-state index is -0.314. The molecule has 0 N–H and O–H groups in total. The molecule has 0 radical (unpaired) electrons. The van der Waals surface area contributed by atoms with E-state index in [1.165, 1.54) is 6.07 Å². The van der Waals surface area contributed by atoms with E-state index in [0.717, 1.165) is 16.7 Å². The molecule has 0 aliphatic heterocycles. The Labute approximate surface area is 163 Å². The van der Waals surface area contributed by atoms with Gasteiger partial charge in [0.25, 0.3) is 5.56 Å². The van der Waals surface area contributed by atoms with Crippen molar-refractivity contribution in [1.82, 2.24) is 4.98 Å². The highest BCUT2D eigenvalue weighted by Gasteiger charge is 2.15. The minimum Gasteiger partial charge on any atom is -0.425 e. The first-order chi connectivity index (χ1) is 13.8. The van der Waals surface area contributed by atoms with Crippen LogP contribution in [-0.2, 0) is 13.1 Å². The maximum Gasteiger partial charge on any atom is 0.301 e. The Balaban J connectivity index is 1.73. The van der Waals surface area contributed by atoms with Crippen molar-refractivity contribution in [1.29, 1.82) is 0 Å². The molecule has 138 valence electrons. The SMILES string of the molecule is O=c1cc(-c2ccccc2)oc(N(Cc2ccccc2)Cc2ccccc2)n1. The highest BCUT2D eigenvalue weighted by atomic mass is 16.4. The molecule has 0 atom stereocenters. The molecule has 1 aromatic heterocycles. The van der Waals surface area contributed by atoms with Gasteiger partial charge in [0.15, 0.2) is 0 Å². The third-order valence-corrected chi connectivity index (χ3v) is 4.42. The molecular formula is C24H20N2O2. The first-order valence-corrected chi connectivity index (χ1v) is 9.18. The molecule has 3 aromatic carbocycles. The Kier molecular flexibility index (Phi) is 5.29. The summed E-state index contributed by atoms with van der Waals surface area (Å²) in [7, 11) is 0. The molecule has 28 heavy (non-hydrogen) atoms. The quantitative estimate of drug-likeness (QED) is 0.485. The second-order valence-corrected chi connectivity index (χ2v) is 6.54. The van der Waals surface area contributed by atoms with Crippen LogP contribution in [0.3, 0.4) is 0 Å². The predicted molar refractivity (Wildman–Crippen MR) is 111 cm³/mol. The number of hydrogen-bond donors (Lipinski definition) is 0. The highest BCUT2D eigenvalue weighted by Crippen LogP contribution is 2.23. The topological polar surface area (TPSA) is 46.3 Å². The van der Waals surface area contributed by atoms with Crippen molar-refractivity contribution in [2.75, 3.05) is 4.90 Å². The Bertz CT molecular complexity index is 1040. The Morgan fingerprint density at radius 2 is 1.21 bits per heavy atom. The van der Waals surface area contributed by atoms with Gasteiger partial charge in [-0.05, 0) is 11.1 Å². The summed E-state index contributed by atoms with van der Waals surface area (Å²) in [4.78, 5) is 18.4. The maximum atomic E-state index is 12.3. The van der Waals surface area contributed by atoms with E-state index >= 15 is 0 Å². The summed E-state index contributed by atoms with van der Waals surface area (Å²) in [6, 6.07) is 31.5. The number of hydrogen-bond acceptors (Lipinski definition) is 4. The van der Waals surface area contributed by atoms with Crippen LogP contribution in [0.4, 0.5) is 6.01 Å². The molecule has 0 saturated carbocycles. The molecule has 0 unspecified atom stereocenters. The van der Waals surface area contributed by atoms with Crippen molar-refractivity contribution in [3.05, 3.63) is 119 Å². The Hall–Kier alpha value is -3.66. The molecule has 0 bridgehead atoms. The van der Waals surface area contributed by atoms with Crippen LogP contribution in [0, 0.1) is 0 Å². The van der Waals surface area contributed by atoms with Gasteiger partial charge in [0.1, 0.15) is 5.76 Å². The van der Waals surface area contributed by atoms with E-state index in [9.17, 15) is 4.79 Å². The van der Waals surface area contributed by atoms with Crippen LogP contribution in [0.5, 0.6) is 0 Å². The molecule has 0 saturated heterocycles. The molecule has 0 spiro atoms. The summed E-state index contributed by atoms with van der Waals surface area (Å²) in [6.45, 7) is 1.17. The number of anilines is 1. The second kappa shape index (κ2) is 8.35.